The standard InChI is InChI=1S/C23H21N3O5S3/c1-3-29-15-9-7-14(8-10-15)20-25-26-23(31-20)34-13-18(27)24-21-19(22(28)30-4-2)16(12-33-21)17-6-5-11-32-17/h5-12H,3-4,13H2,1-2H3,(H,24,27). The topological polar surface area (TPSA) is 104 Å². The number of ether oxygens (including phenoxy) is 2. The van der Waals surface area contributed by atoms with Crippen molar-refractivity contribution in [3.05, 3.63) is 52.7 Å². The largest absolute Gasteiger partial charge is 0.494 e. The lowest BCUT2D eigenvalue weighted by Crippen LogP contribution is -2.16. The van der Waals surface area contributed by atoms with Crippen molar-refractivity contribution in [2.45, 2.75) is 19.1 Å². The van der Waals surface area contributed by atoms with Gasteiger partial charge in [0.25, 0.3) is 5.22 Å². The number of carbonyl (C=O) groups is 2. The van der Waals surface area contributed by atoms with Gasteiger partial charge in [0, 0.05) is 21.4 Å². The van der Waals surface area contributed by atoms with Crippen LogP contribution in [0.25, 0.3) is 21.9 Å². The normalized spacial score (nSPS) is 10.8. The van der Waals surface area contributed by atoms with Crippen molar-refractivity contribution in [3.8, 4) is 27.6 Å². The highest BCUT2D eigenvalue weighted by molar-refractivity contribution is 7.99. The zero-order valence-electron chi connectivity index (χ0n) is 18.4. The van der Waals surface area contributed by atoms with Gasteiger partial charge >= 0.3 is 5.97 Å². The lowest BCUT2D eigenvalue weighted by atomic mass is 10.1. The van der Waals surface area contributed by atoms with Crippen LogP contribution in [0, 0.1) is 0 Å². The molecule has 3 heterocycles. The zero-order valence-corrected chi connectivity index (χ0v) is 20.9. The van der Waals surface area contributed by atoms with Crippen LogP contribution in [0.1, 0.15) is 24.2 Å². The quantitative estimate of drug-likeness (QED) is 0.208. The molecule has 4 rings (SSSR count). The first-order valence-corrected chi connectivity index (χ1v) is 13.1. The second kappa shape index (κ2) is 11.3. The number of amides is 1. The Hall–Kier alpha value is -3.15. The number of hydrogen-bond donors (Lipinski definition) is 1. The molecule has 0 aliphatic carbocycles. The first-order valence-electron chi connectivity index (χ1n) is 10.4. The van der Waals surface area contributed by atoms with Crippen LogP contribution < -0.4 is 10.1 Å². The molecule has 4 aromatic rings. The minimum atomic E-state index is -0.466. The van der Waals surface area contributed by atoms with Crippen molar-refractivity contribution >= 4 is 51.3 Å². The summed E-state index contributed by atoms with van der Waals surface area (Å²) in [5.41, 5.74) is 1.87. The predicted molar refractivity (Wildman–Crippen MR) is 134 cm³/mol. The molecule has 11 heteroatoms. The third-order valence-corrected chi connectivity index (χ3v) is 7.07. The molecule has 8 nitrogen and oxygen atoms in total. The summed E-state index contributed by atoms with van der Waals surface area (Å²) in [5, 5.41) is 15.4. The molecule has 0 atom stereocenters. The van der Waals surface area contributed by atoms with E-state index >= 15 is 0 Å². The number of anilines is 1. The molecule has 0 spiro atoms. The lowest BCUT2D eigenvalue weighted by molar-refractivity contribution is -0.113. The van der Waals surface area contributed by atoms with Gasteiger partial charge in [0.2, 0.25) is 11.8 Å². The number of esters is 1. The molecule has 0 bridgehead atoms. The van der Waals surface area contributed by atoms with Gasteiger partial charge in [-0.3, -0.25) is 4.79 Å². The summed E-state index contributed by atoms with van der Waals surface area (Å²) in [6.07, 6.45) is 0. The van der Waals surface area contributed by atoms with Crippen molar-refractivity contribution in [1.82, 2.24) is 10.2 Å². The van der Waals surface area contributed by atoms with E-state index in [2.05, 4.69) is 15.5 Å². The Labute approximate surface area is 208 Å². The number of rotatable bonds is 10. The molecule has 3 aromatic heterocycles. The van der Waals surface area contributed by atoms with E-state index in [1.807, 2.05) is 54.1 Å². The summed E-state index contributed by atoms with van der Waals surface area (Å²) >= 11 is 3.92. The maximum Gasteiger partial charge on any atom is 0.341 e. The Morgan fingerprint density at radius 3 is 2.62 bits per heavy atom. The highest BCUT2D eigenvalue weighted by Gasteiger charge is 2.23. The Bertz CT molecular complexity index is 1250. The molecule has 0 radical (unpaired) electrons. The van der Waals surface area contributed by atoms with Gasteiger partial charge in [-0.2, -0.15) is 0 Å². The van der Waals surface area contributed by atoms with Gasteiger partial charge < -0.3 is 19.2 Å². The molecule has 0 fully saturated rings. The van der Waals surface area contributed by atoms with Gasteiger partial charge in [0.1, 0.15) is 16.3 Å². The second-order valence-corrected chi connectivity index (χ2v) is 9.47. The number of aromatic nitrogens is 2. The minimum absolute atomic E-state index is 0.0411. The number of hydrogen-bond acceptors (Lipinski definition) is 10. The Morgan fingerprint density at radius 2 is 1.91 bits per heavy atom. The monoisotopic (exact) mass is 515 g/mol. The summed E-state index contributed by atoms with van der Waals surface area (Å²) in [5.74, 6) is 0.395. The fraction of sp³-hybridized carbons (Fsp3) is 0.217. The van der Waals surface area contributed by atoms with Crippen molar-refractivity contribution < 1.29 is 23.5 Å². The van der Waals surface area contributed by atoms with Gasteiger partial charge in [-0.15, -0.1) is 32.9 Å². The average Bonchev–Trinajstić information content (AvgIpc) is 3.59. The molecule has 0 saturated heterocycles. The van der Waals surface area contributed by atoms with E-state index in [4.69, 9.17) is 13.9 Å². The third-order valence-electron chi connectivity index (χ3n) is 4.46. The second-order valence-electron chi connectivity index (χ2n) is 6.72. The van der Waals surface area contributed by atoms with E-state index in [0.717, 1.165) is 33.5 Å². The highest BCUT2D eigenvalue weighted by atomic mass is 32.2. The first-order chi connectivity index (χ1) is 16.6. The van der Waals surface area contributed by atoms with Crippen LogP contribution in [0.15, 0.2) is 56.8 Å². The van der Waals surface area contributed by atoms with Crippen LogP contribution in [-0.4, -0.2) is 41.0 Å². The molecule has 34 heavy (non-hydrogen) atoms. The zero-order chi connectivity index (χ0) is 23.9. The number of nitrogens with one attached hydrogen (secondary N) is 1. The summed E-state index contributed by atoms with van der Waals surface area (Å²) in [4.78, 5) is 26.1. The summed E-state index contributed by atoms with van der Waals surface area (Å²) in [7, 11) is 0. The van der Waals surface area contributed by atoms with Crippen molar-refractivity contribution in [3.63, 3.8) is 0 Å². The van der Waals surface area contributed by atoms with E-state index in [0.29, 0.717) is 23.1 Å². The molecular weight excluding hydrogens is 494 g/mol. The van der Waals surface area contributed by atoms with Crippen LogP contribution in [-0.2, 0) is 9.53 Å². The fourth-order valence-electron chi connectivity index (χ4n) is 3.00. The van der Waals surface area contributed by atoms with E-state index in [-0.39, 0.29) is 23.5 Å². The summed E-state index contributed by atoms with van der Waals surface area (Å²) < 4.78 is 16.3. The average molecular weight is 516 g/mol. The smallest absolute Gasteiger partial charge is 0.341 e. The van der Waals surface area contributed by atoms with Crippen molar-refractivity contribution in [2.75, 3.05) is 24.3 Å². The van der Waals surface area contributed by atoms with Crippen LogP contribution in [0.3, 0.4) is 0 Å². The van der Waals surface area contributed by atoms with Gasteiger partial charge in [-0.05, 0) is 49.6 Å². The molecule has 1 amide bonds. The molecular formula is C23H21N3O5S3. The lowest BCUT2D eigenvalue weighted by Gasteiger charge is -2.07. The molecule has 0 aliphatic heterocycles. The number of thiophene rings is 2. The maximum atomic E-state index is 12.6. The predicted octanol–water partition coefficient (Wildman–Crippen LogP) is 5.83. The highest BCUT2D eigenvalue weighted by Crippen LogP contribution is 2.38. The molecule has 0 unspecified atom stereocenters. The third kappa shape index (κ3) is 5.66. The number of carbonyl (C=O) groups excluding carboxylic acids is 2. The molecule has 1 aromatic carbocycles. The van der Waals surface area contributed by atoms with Gasteiger partial charge in [0.15, 0.2) is 0 Å². The molecule has 1 N–H and O–H groups in total. The first kappa shape index (κ1) is 24.0. The Morgan fingerprint density at radius 1 is 1.09 bits per heavy atom. The Balaban J connectivity index is 1.40. The molecule has 0 aliphatic rings. The van der Waals surface area contributed by atoms with Crippen molar-refractivity contribution in [1.29, 1.82) is 0 Å². The van der Waals surface area contributed by atoms with Crippen LogP contribution in [0.5, 0.6) is 5.75 Å². The van der Waals surface area contributed by atoms with Gasteiger partial charge in [0.05, 0.1) is 19.0 Å². The number of thioether (sulfide) groups is 1. The fourth-order valence-corrected chi connectivity index (χ4v) is 5.36. The summed E-state index contributed by atoms with van der Waals surface area (Å²) in [6, 6.07) is 11.2. The van der Waals surface area contributed by atoms with Crippen LogP contribution in [0.2, 0.25) is 0 Å². The number of nitrogens with zero attached hydrogens (tertiary/aromatic N) is 2. The van der Waals surface area contributed by atoms with Gasteiger partial charge in [-0.1, -0.05) is 17.8 Å². The SMILES string of the molecule is CCOC(=O)c1c(-c2cccs2)csc1NC(=O)CSc1nnc(-c2ccc(OCC)cc2)o1. The molecule has 176 valence electrons. The van der Waals surface area contributed by atoms with Crippen molar-refractivity contribution in [2.24, 2.45) is 0 Å². The van der Waals surface area contributed by atoms with Gasteiger partial charge in [-0.25, -0.2) is 4.79 Å². The minimum Gasteiger partial charge on any atom is -0.494 e. The Kier molecular flexibility index (Phi) is 7.99. The number of benzene rings is 1. The van der Waals surface area contributed by atoms with E-state index in [1.165, 1.54) is 22.7 Å². The van der Waals surface area contributed by atoms with E-state index in [9.17, 15) is 9.59 Å². The van der Waals surface area contributed by atoms with E-state index < -0.39 is 5.97 Å². The maximum absolute atomic E-state index is 12.6. The summed E-state index contributed by atoms with van der Waals surface area (Å²) in [6.45, 7) is 4.50. The van der Waals surface area contributed by atoms with Crippen LogP contribution in [0.4, 0.5) is 5.00 Å². The molecule has 0 saturated carbocycles. The van der Waals surface area contributed by atoms with Crippen LogP contribution >= 0.6 is 34.4 Å². The van der Waals surface area contributed by atoms with E-state index in [1.54, 1.807) is 6.92 Å².